The summed E-state index contributed by atoms with van der Waals surface area (Å²) in [6.07, 6.45) is 1.86. The summed E-state index contributed by atoms with van der Waals surface area (Å²) in [5, 5.41) is 0. The maximum atomic E-state index is 11.1. The summed E-state index contributed by atoms with van der Waals surface area (Å²) in [4.78, 5) is 22.4. The fourth-order valence-corrected chi connectivity index (χ4v) is 1.60. The molecule has 1 aliphatic rings. The van der Waals surface area contributed by atoms with Crippen LogP contribution in [-0.4, -0.2) is 23.7 Å². The van der Waals surface area contributed by atoms with Gasteiger partial charge in [0.25, 0.3) is 0 Å². The maximum Gasteiger partial charge on any atom is 0.314 e. The zero-order valence-electron chi connectivity index (χ0n) is 6.83. The fourth-order valence-electron chi connectivity index (χ4n) is 1.28. The van der Waals surface area contributed by atoms with Crippen molar-refractivity contribution in [3.8, 4) is 0 Å². The molecule has 1 saturated carbocycles. The molecule has 0 spiro atoms. The van der Waals surface area contributed by atoms with E-state index in [2.05, 4.69) is 4.74 Å². The standard InChI is InChI=1S/C8H10O3S/c1-11-8(10)5-3-2-4-6(9)7(5)12/h5H,2-4H2,1H3. The lowest BCUT2D eigenvalue weighted by molar-refractivity contribution is -0.144. The minimum Gasteiger partial charge on any atom is -0.469 e. The number of hydrogen-bond acceptors (Lipinski definition) is 4. The summed E-state index contributed by atoms with van der Waals surface area (Å²) in [7, 11) is 1.31. The Kier molecular flexibility index (Phi) is 2.92. The van der Waals surface area contributed by atoms with Crippen molar-refractivity contribution in [2.75, 3.05) is 7.11 Å². The second-order valence-electron chi connectivity index (χ2n) is 2.76. The molecule has 3 nitrogen and oxygen atoms in total. The number of hydrogen-bond donors (Lipinski definition) is 0. The molecule has 0 N–H and O–H groups in total. The molecule has 0 heterocycles. The van der Waals surface area contributed by atoms with E-state index in [-0.39, 0.29) is 16.6 Å². The average molecular weight is 186 g/mol. The molecule has 1 atom stereocenters. The van der Waals surface area contributed by atoms with Crippen LogP contribution >= 0.6 is 12.2 Å². The quantitative estimate of drug-likeness (QED) is 0.451. The Morgan fingerprint density at radius 1 is 1.67 bits per heavy atom. The number of methoxy groups -OCH3 is 1. The lowest BCUT2D eigenvalue weighted by Crippen LogP contribution is -2.33. The van der Waals surface area contributed by atoms with Gasteiger partial charge in [0.1, 0.15) is 0 Å². The number of esters is 1. The van der Waals surface area contributed by atoms with Crippen LogP contribution in [0.15, 0.2) is 0 Å². The first-order valence-electron chi connectivity index (χ1n) is 3.81. The van der Waals surface area contributed by atoms with Gasteiger partial charge in [-0.2, -0.15) is 0 Å². The molecule has 4 heteroatoms. The monoisotopic (exact) mass is 186 g/mol. The second-order valence-corrected chi connectivity index (χ2v) is 3.20. The van der Waals surface area contributed by atoms with E-state index in [4.69, 9.17) is 12.2 Å². The number of rotatable bonds is 1. The Morgan fingerprint density at radius 2 is 2.33 bits per heavy atom. The van der Waals surface area contributed by atoms with Gasteiger partial charge in [0.15, 0.2) is 5.78 Å². The van der Waals surface area contributed by atoms with Crippen molar-refractivity contribution in [3.63, 3.8) is 0 Å². The van der Waals surface area contributed by atoms with E-state index in [0.717, 1.165) is 6.42 Å². The van der Waals surface area contributed by atoms with Gasteiger partial charge in [-0.3, -0.25) is 9.59 Å². The van der Waals surface area contributed by atoms with Crippen LogP contribution in [0.3, 0.4) is 0 Å². The number of Topliss-reactive ketones (excluding diaryl/α,β-unsaturated/α-hetero) is 1. The highest BCUT2D eigenvalue weighted by atomic mass is 32.1. The molecule has 1 unspecified atom stereocenters. The van der Waals surface area contributed by atoms with Crippen molar-refractivity contribution in [3.05, 3.63) is 0 Å². The van der Waals surface area contributed by atoms with Crippen LogP contribution in [0.5, 0.6) is 0 Å². The van der Waals surface area contributed by atoms with E-state index < -0.39 is 5.92 Å². The molecule has 0 radical (unpaired) electrons. The van der Waals surface area contributed by atoms with Crippen LogP contribution in [-0.2, 0) is 14.3 Å². The Balaban J connectivity index is 2.70. The number of thiocarbonyl (C=S) groups is 1. The highest BCUT2D eigenvalue weighted by molar-refractivity contribution is 7.82. The molecule has 0 aromatic heterocycles. The highest BCUT2D eigenvalue weighted by Gasteiger charge is 2.31. The van der Waals surface area contributed by atoms with Crippen molar-refractivity contribution in [1.82, 2.24) is 0 Å². The molecule has 1 fully saturated rings. The van der Waals surface area contributed by atoms with Gasteiger partial charge in [-0.25, -0.2) is 0 Å². The predicted octanol–water partition coefficient (Wildman–Crippen LogP) is 0.898. The van der Waals surface area contributed by atoms with Gasteiger partial charge in [0.2, 0.25) is 0 Å². The molecule has 1 aliphatic carbocycles. The van der Waals surface area contributed by atoms with Crippen LogP contribution < -0.4 is 0 Å². The van der Waals surface area contributed by atoms with Crippen molar-refractivity contribution in [2.45, 2.75) is 19.3 Å². The van der Waals surface area contributed by atoms with Gasteiger partial charge in [-0.05, 0) is 12.8 Å². The summed E-state index contributed by atoms with van der Waals surface area (Å²) < 4.78 is 4.53. The summed E-state index contributed by atoms with van der Waals surface area (Å²) in [6.45, 7) is 0. The Morgan fingerprint density at radius 3 is 2.92 bits per heavy atom. The number of carbonyl (C=O) groups excluding carboxylic acids is 2. The number of ether oxygens (including phenoxy) is 1. The number of ketones is 1. The van der Waals surface area contributed by atoms with E-state index in [1.54, 1.807) is 0 Å². The molecular weight excluding hydrogens is 176 g/mol. The van der Waals surface area contributed by atoms with Gasteiger partial charge in [0.05, 0.1) is 17.9 Å². The topological polar surface area (TPSA) is 43.4 Å². The third kappa shape index (κ3) is 1.69. The second kappa shape index (κ2) is 3.76. The predicted molar refractivity (Wildman–Crippen MR) is 47.0 cm³/mol. The average Bonchev–Trinajstić information content (AvgIpc) is 2.08. The molecule has 1 rings (SSSR count). The van der Waals surface area contributed by atoms with E-state index in [1.807, 2.05) is 0 Å². The number of carbonyl (C=O) groups is 2. The van der Waals surface area contributed by atoms with Gasteiger partial charge < -0.3 is 4.74 Å². The molecule has 0 aromatic rings. The molecular formula is C8H10O3S. The van der Waals surface area contributed by atoms with E-state index >= 15 is 0 Å². The largest absolute Gasteiger partial charge is 0.469 e. The first kappa shape index (κ1) is 9.32. The summed E-state index contributed by atoms with van der Waals surface area (Å²) in [5.74, 6) is -0.925. The van der Waals surface area contributed by atoms with Gasteiger partial charge in [-0.1, -0.05) is 12.2 Å². The zero-order valence-corrected chi connectivity index (χ0v) is 7.65. The van der Waals surface area contributed by atoms with Gasteiger partial charge in [-0.15, -0.1) is 0 Å². The van der Waals surface area contributed by atoms with Crippen LogP contribution in [0.1, 0.15) is 19.3 Å². The van der Waals surface area contributed by atoms with Crippen LogP contribution in [0.25, 0.3) is 0 Å². The third-order valence-electron chi connectivity index (χ3n) is 1.97. The summed E-state index contributed by atoms with van der Waals surface area (Å²) >= 11 is 4.84. The zero-order chi connectivity index (χ0) is 9.14. The minimum atomic E-state index is -0.466. The van der Waals surface area contributed by atoms with Crippen molar-refractivity contribution >= 4 is 28.8 Å². The molecule has 0 aromatic carbocycles. The lowest BCUT2D eigenvalue weighted by Gasteiger charge is -2.18. The van der Waals surface area contributed by atoms with Crippen LogP contribution in [0.2, 0.25) is 0 Å². The third-order valence-corrected chi connectivity index (χ3v) is 2.49. The Labute approximate surface area is 76.1 Å². The molecule has 0 saturated heterocycles. The Bertz CT molecular complexity index is 234. The fraction of sp³-hybridized carbons (Fsp3) is 0.625. The van der Waals surface area contributed by atoms with Crippen molar-refractivity contribution in [1.29, 1.82) is 0 Å². The highest BCUT2D eigenvalue weighted by Crippen LogP contribution is 2.20. The maximum absolute atomic E-state index is 11.1. The Hall–Kier alpha value is -0.770. The smallest absolute Gasteiger partial charge is 0.314 e. The molecule has 66 valence electrons. The molecule has 0 aliphatic heterocycles. The summed E-state index contributed by atoms with van der Waals surface area (Å²) in [6, 6.07) is 0. The SMILES string of the molecule is COC(=O)C1CCCC(=O)C1=S. The normalized spacial score (nSPS) is 23.9. The van der Waals surface area contributed by atoms with E-state index in [9.17, 15) is 9.59 Å². The van der Waals surface area contributed by atoms with Gasteiger partial charge in [0, 0.05) is 6.42 Å². The first-order valence-corrected chi connectivity index (χ1v) is 4.22. The summed E-state index contributed by atoms with van der Waals surface area (Å²) in [5.41, 5.74) is 0. The lowest BCUT2D eigenvalue weighted by atomic mass is 9.88. The van der Waals surface area contributed by atoms with Gasteiger partial charge >= 0.3 is 5.97 Å². The van der Waals surface area contributed by atoms with E-state index in [0.29, 0.717) is 12.8 Å². The van der Waals surface area contributed by atoms with Crippen LogP contribution in [0, 0.1) is 5.92 Å². The van der Waals surface area contributed by atoms with Crippen molar-refractivity contribution in [2.24, 2.45) is 5.92 Å². The minimum absolute atomic E-state index is 0.0772. The molecule has 0 amide bonds. The van der Waals surface area contributed by atoms with Crippen LogP contribution in [0.4, 0.5) is 0 Å². The van der Waals surface area contributed by atoms with E-state index in [1.165, 1.54) is 7.11 Å². The van der Waals surface area contributed by atoms with Crippen molar-refractivity contribution < 1.29 is 14.3 Å². The molecule has 0 bridgehead atoms. The molecule has 12 heavy (non-hydrogen) atoms. The first-order chi connectivity index (χ1) is 5.66.